The van der Waals surface area contributed by atoms with E-state index in [4.69, 9.17) is 19.6 Å². The summed E-state index contributed by atoms with van der Waals surface area (Å²) in [6.07, 6.45) is -0.356. The predicted molar refractivity (Wildman–Crippen MR) is 104 cm³/mol. The van der Waals surface area contributed by atoms with Gasteiger partial charge in [-0.3, -0.25) is 14.4 Å². The van der Waals surface area contributed by atoms with Gasteiger partial charge in [0.2, 0.25) is 17.1 Å². The number of pyridine rings is 1. The van der Waals surface area contributed by atoms with Crippen molar-refractivity contribution in [1.82, 2.24) is 4.98 Å². The Morgan fingerprint density at radius 2 is 2.00 bits per heavy atom. The number of primary amides is 1. The van der Waals surface area contributed by atoms with Crippen molar-refractivity contribution in [1.29, 1.82) is 0 Å². The average Bonchev–Trinajstić information content (AvgIpc) is 2.68. The third kappa shape index (κ3) is 4.14. The van der Waals surface area contributed by atoms with Crippen LogP contribution in [0.15, 0.2) is 44.3 Å². The van der Waals surface area contributed by atoms with Crippen LogP contribution < -0.4 is 21.5 Å². The van der Waals surface area contributed by atoms with E-state index >= 15 is 0 Å². The summed E-state index contributed by atoms with van der Waals surface area (Å²) in [5.41, 5.74) is 4.80. The molecule has 0 aliphatic carbocycles. The Balaban J connectivity index is 2.25. The number of rotatable bonds is 7. The Hall–Kier alpha value is -3.59. The molecule has 3 rings (SSSR count). The fourth-order valence-electron chi connectivity index (χ4n) is 3.14. The third-order valence-corrected chi connectivity index (χ3v) is 4.46. The van der Waals surface area contributed by atoms with Crippen molar-refractivity contribution in [3.05, 3.63) is 68.0 Å². The quantitative estimate of drug-likeness (QED) is 0.543. The number of amides is 1. The number of hydrogen-bond donors (Lipinski definition) is 3. The molecule has 3 aromatic rings. The number of methoxy groups -OCH3 is 2. The summed E-state index contributed by atoms with van der Waals surface area (Å²) in [5.74, 6) is -2.02. The zero-order valence-corrected chi connectivity index (χ0v) is 15.9. The molecule has 2 aromatic heterocycles. The standard InChI is InChI=1S/C20H20N2O7/c1-27-9-12-7-16(23)18(25)19(29-12)13(8-17(21)24)14-6-10-5-11(28-2)3-4-15(10)22-20(14)26/h3-7,13,25H,8-9H2,1-2H3,(H2,21,24)(H,22,26)/t13-/m0/s1. The van der Waals surface area contributed by atoms with Crippen LogP contribution in [0.1, 0.15) is 29.4 Å². The summed E-state index contributed by atoms with van der Waals surface area (Å²) >= 11 is 0. The number of aromatic nitrogens is 1. The molecule has 0 fully saturated rings. The first-order valence-corrected chi connectivity index (χ1v) is 8.68. The van der Waals surface area contributed by atoms with E-state index in [9.17, 15) is 19.5 Å². The summed E-state index contributed by atoms with van der Waals surface area (Å²) in [4.78, 5) is 39.3. The molecule has 2 heterocycles. The van der Waals surface area contributed by atoms with Gasteiger partial charge in [-0.05, 0) is 24.3 Å². The molecular formula is C20H20N2O7. The molecule has 1 amide bonds. The van der Waals surface area contributed by atoms with Crippen molar-refractivity contribution < 1.29 is 23.8 Å². The molecule has 0 saturated carbocycles. The molecule has 4 N–H and O–H groups in total. The Bertz CT molecular complexity index is 1180. The molecule has 0 unspecified atom stereocenters. The fraction of sp³-hybridized carbons (Fsp3) is 0.250. The molecule has 9 heteroatoms. The SMILES string of the molecule is COCc1cc(=O)c(O)c([C@@H](CC(N)=O)c2cc3cc(OC)ccc3[nH]c2=O)o1. The van der Waals surface area contributed by atoms with Crippen molar-refractivity contribution in [3.8, 4) is 11.5 Å². The second-order valence-electron chi connectivity index (χ2n) is 6.45. The highest BCUT2D eigenvalue weighted by molar-refractivity contribution is 5.81. The monoisotopic (exact) mass is 400 g/mol. The van der Waals surface area contributed by atoms with Crippen LogP contribution in [0.5, 0.6) is 11.5 Å². The summed E-state index contributed by atoms with van der Waals surface area (Å²) in [6, 6.07) is 7.70. The van der Waals surface area contributed by atoms with Gasteiger partial charge in [0, 0.05) is 36.1 Å². The fourth-order valence-corrected chi connectivity index (χ4v) is 3.14. The molecule has 0 spiro atoms. The number of nitrogens with two attached hydrogens (primary N) is 1. The molecular weight excluding hydrogens is 380 g/mol. The first-order chi connectivity index (χ1) is 13.8. The second kappa shape index (κ2) is 8.19. The maximum atomic E-state index is 12.7. The number of aromatic hydroxyl groups is 1. The molecule has 0 radical (unpaired) electrons. The van der Waals surface area contributed by atoms with E-state index in [2.05, 4.69) is 4.98 Å². The molecule has 0 aliphatic heterocycles. The van der Waals surface area contributed by atoms with Crippen LogP contribution in [0.2, 0.25) is 0 Å². The highest BCUT2D eigenvalue weighted by Gasteiger charge is 2.28. The van der Waals surface area contributed by atoms with Gasteiger partial charge < -0.3 is 29.7 Å². The number of H-pyrrole nitrogens is 1. The Morgan fingerprint density at radius 1 is 1.24 bits per heavy atom. The number of fused-ring (bicyclic) bond motifs is 1. The predicted octanol–water partition coefficient (Wildman–Crippen LogP) is 1.35. The molecule has 29 heavy (non-hydrogen) atoms. The minimum absolute atomic E-state index is 0.0307. The lowest BCUT2D eigenvalue weighted by Crippen LogP contribution is -2.23. The number of benzene rings is 1. The van der Waals surface area contributed by atoms with E-state index in [1.54, 1.807) is 24.3 Å². The Labute approximate surface area is 164 Å². The molecule has 0 bridgehead atoms. The van der Waals surface area contributed by atoms with Crippen LogP contribution in [-0.2, 0) is 16.1 Å². The van der Waals surface area contributed by atoms with Crippen LogP contribution in [-0.4, -0.2) is 30.2 Å². The van der Waals surface area contributed by atoms with E-state index in [0.717, 1.165) is 6.07 Å². The molecule has 9 nitrogen and oxygen atoms in total. The number of aromatic amines is 1. The highest BCUT2D eigenvalue weighted by Crippen LogP contribution is 2.32. The Morgan fingerprint density at radius 3 is 2.66 bits per heavy atom. The Kier molecular flexibility index (Phi) is 5.69. The van der Waals surface area contributed by atoms with Crippen molar-refractivity contribution >= 4 is 16.8 Å². The van der Waals surface area contributed by atoms with E-state index in [-0.39, 0.29) is 30.1 Å². The molecule has 0 saturated heterocycles. The minimum atomic E-state index is -1.07. The van der Waals surface area contributed by atoms with E-state index in [1.807, 2.05) is 0 Å². The minimum Gasteiger partial charge on any atom is -0.502 e. The lowest BCUT2D eigenvalue weighted by Gasteiger charge is -2.17. The lowest BCUT2D eigenvalue weighted by atomic mass is 9.92. The topological polar surface area (TPSA) is 145 Å². The average molecular weight is 400 g/mol. The number of carbonyl (C=O) groups excluding carboxylic acids is 1. The first-order valence-electron chi connectivity index (χ1n) is 8.68. The number of hydrogen-bond acceptors (Lipinski definition) is 7. The van der Waals surface area contributed by atoms with Crippen LogP contribution in [0, 0.1) is 0 Å². The van der Waals surface area contributed by atoms with Gasteiger partial charge >= 0.3 is 0 Å². The highest BCUT2D eigenvalue weighted by atomic mass is 16.5. The summed E-state index contributed by atoms with van der Waals surface area (Å²) in [5, 5.41) is 10.9. The summed E-state index contributed by atoms with van der Waals surface area (Å²) < 4.78 is 15.8. The second-order valence-corrected chi connectivity index (χ2v) is 6.45. The van der Waals surface area contributed by atoms with Crippen LogP contribution >= 0.6 is 0 Å². The van der Waals surface area contributed by atoms with Gasteiger partial charge in [0.15, 0.2) is 5.76 Å². The first kappa shape index (κ1) is 20.2. The molecule has 1 atom stereocenters. The van der Waals surface area contributed by atoms with E-state index in [0.29, 0.717) is 16.7 Å². The van der Waals surface area contributed by atoms with Crippen molar-refractivity contribution in [2.24, 2.45) is 5.73 Å². The van der Waals surface area contributed by atoms with Gasteiger partial charge in [0.05, 0.1) is 13.0 Å². The van der Waals surface area contributed by atoms with Gasteiger partial charge in [0.25, 0.3) is 5.56 Å². The van der Waals surface area contributed by atoms with Gasteiger partial charge in [-0.15, -0.1) is 0 Å². The van der Waals surface area contributed by atoms with Crippen LogP contribution in [0.25, 0.3) is 10.9 Å². The van der Waals surface area contributed by atoms with Crippen molar-refractivity contribution in [2.75, 3.05) is 14.2 Å². The van der Waals surface area contributed by atoms with Crippen LogP contribution in [0.4, 0.5) is 0 Å². The largest absolute Gasteiger partial charge is 0.502 e. The zero-order valence-electron chi connectivity index (χ0n) is 15.9. The number of ether oxygens (including phenoxy) is 2. The number of nitrogens with one attached hydrogen (secondary N) is 1. The van der Waals surface area contributed by atoms with Crippen LogP contribution in [0.3, 0.4) is 0 Å². The summed E-state index contributed by atoms with van der Waals surface area (Å²) in [7, 11) is 2.92. The molecule has 152 valence electrons. The van der Waals surface area contributed by atoms with E-state index < -0.39 is 28.6 Å². The zero-order chi connectivity index (χ0) is 21.1. The lowest BCUT2D eigenvalue weighted by molar-refractivity contribution is -0.118. The molecule has 0 aliphatic rings. The molecule has 1 aromatic carbocycles. The maximum absolute atomic E-state index is 12.7. The van der Waals surface area contributed by atoms with E-state index in [1.165, 1.54) is 14.2 Å². The van der Waals surface area contributed by atoms with Crippen molar-refractivity contribution in [2.45, 2.75) is 18.9 Å². The normalized spacial score (nSPS) is 12.1. The van der Waals surface area contributed by atoms with Gasteiger partial charge in [-0.1, -0.05) is 0 Å². The number of carbonyl (C=O) groups is 1. The van der Waals surface area contributed by atoms with Gasteiger partial charge in [-0.2, -0.15) is 0 Å². The summed E-state index contributed by atoms with van der Waals surface area (Å²) in [6.45, 7) is -0.0307. The smallest absolute Gasteiger partial charge is 0.252 e. The van der Waals surface area contributed by atoms with Gasteiger partial charge in [-0.25, -0.2) is 0 Å². The third-order valence-electron chi connectivity index (χ3n) is 4.46. The van der Waals surface area contributed by atoms with Crippen molar-refractivity contribution in [3.63, 3.8) is 0 Å². The van der Waals surface area contributed by atoms with Gasteiger partial charge in [0.1, 0.15) is 18.1 Å². The maximum Gasteiger partial charge on any atom is 0.252 e.